The van der Waals surface area contributed by atoms with Crippen molar-refractivity contribution in [1.29, 1.82) is 0 Å². The maximum Gasteiger partial charge on any atom is 0.276 e. The Hall–Kier alpha value is -2.41. The first-order chi connectivity index (χ1) is 14.0. The van der Waals surface area contributed by atoms with E-state index in [2.05, 4.69) is 15.6 Å². The SMILES string of the molecule is CCc1c(C(=O)N2CCC(CCNC)CC2)nnn1-c1ccc(OC(C)C)cc1. The zero-order valence-corrected chi connectivity index (χ0v) is 18.0. The number of piperidine rings is 1. The van der Waals surface area contributed by atoms with Gasteiger partial charge in [0.15, 0.2) is 5.69 Å². The van der Waals surface area contributed by atoms with E-state index < -0.39 is 0 Å². The third-order valence-electron chi connectivity index (χ3n) is 5.46. The lowest BCUT2D eigenvalue weighted by Gasteiger charge is -2.31. The largest absolute Gasteiger partial charge is 0.491 e. The summed E-state index contributed by atoms with van der Waals surface area (Å²) in [6.45, 7) is 8.67. The molecule has 0 saturated carbocycles. The molecule has 1 fully saturated rings. The summed E-state index contributed by atoms with van der Waals surface area (Å²) < 4.78 is 7.48. The fourth-order valence-electron chi connectivity index (χ4n) is 3.85. The fourth-order valence-corrected chi connectivity index (χ4v) is 3.85. The number of hydrogen-bond acceptors (Lipinski definition) is 5. The molecule has 2 aromatic rings. The molecule has 7 heteroatoms. The number of benzene rings is 1. The molecule has 1 aromatic carbocycles. The fraction of sp³-hybridized carbons (Fsp3) is 0.591. The van der Waals surface area contributed by atoms with Crippen LogP contribution in [0, 0.1) is 5.92 Å². The van der Waals surface area contributed by atoms with Gasteiger partial charge in [-0.2, -0.15) is 0 Å². The van der Waals surface area contributed by atoms with E-state index in [4.69, 9.17) is 4.74 Å². The summed E-state index contributed by atoms with van der Waals surface area (Å²) in [6, 6.07) is 7.75. The van der Waals surface area contributed by atoms with Crippen LogP contribution in [-0.4, -0.2) is 58.6 Å². The number of ether oxygens (including phenoxy) is 1. The van der Waals surface area contributed by atoms with Crippen LogP contribution < -0.4 is 10.1 Å². The average Bonchev–Trinajstić information content (AvgIpc) is 3.16. The van der Waals surface area contributed by atoms with Gasteiger partial charge in [0.25, 0.3) is 5.91 Å². The number of amides is 1. The highest BCUT2D eigenvalue weighted by Crippen LogP contribution is 2.23. The van der Waals surface area contributed by atoms with E-state index in [1.807, 2.05) is 57.0 Å². The van der Waals surface area contributed by atoms with E-state index in [0.717, 1.165) is 49.6 Å². The summed E-state index contributed by atoms with van der Waals surface area (Å²) in [6.07, 6.45) is 4.10. The predicted molar refractivity (Wildman–Crippen MR) is 114 cm³/mol. The third kappa shape index (κ3) is 5.15. The number of carbonyl (C=O) groups is 1. The van der Waals surface area contributed by atoms with Crippen molar-refractivity contribution in [3.05, 3.63) is 35.7 Å². The molecule has 2 heterocycles. The minimum absolute atomic E-state index is 0.0000669. The molecule has 1 aliphatic rings. The molecule has 0 bridgehead atoms. The molecular formula is C22H33N5O2. The van der Waals surface area contributed by atoms with Crippen LogP contribution in [0.4, 0.5) is 0 Å². The second-order valence-corrected chi connectivity index (χ2v) is 7.94. The molecule has 0 aliphatic carbocycles. The topological polar surface area (TPSA) is 72.3 Å². The Kier molecular flexibility index (Phi) is 7.25. The number of carbonyl (C=O) groups excluding carboxylic acids is 1. The smallest absolute Gasteiger partial charge is 0.276 e. The van der Waals surface area contributed by atoms with Crippen molar-refractivity contribution >= 4 is 5.91 Å². The summed E-state index contributed by atoms with van der Waals surface area (Å²) in [5.41, 5.74) is 2.21. The minimum atomic E-state index is -0.0000669. The molecule has 1 saturated heterocycles. The lowest BCUT2D eigenvalue weighted by Crippen LogP contribution is -2.39. The molecule has 1 aliphatic heterocycles. The molecule has 0 atom stereocenters. The van der Waals surface area contributed by atoms with E-state index in [1.54, 1.807) is 4.68 Å². The van der Waals surface area contributed by atoms with Crippen molar-refractivity contribution in [3.8, 4) is 11.4 Å². The Morgan fingerprint density at radius 2 is 1.93 bits per heavy atom. The summed E-state index contributed by atoms with van der Waals surface area (Å²) >= 11 is 0. The molecule has 1 N–H and O–H groups in total. The lowest BCUT2D eigenvalue weighted by atomic mass is 9.93. The average molecular weight is 400 g/mol. The Labute approximate surface area is 173 Å². The summed E-state index contributed by atoms with van der Waals surface area (Å²) in [4.78, 5) is 15.0. The molecule has 1 aromatic heterocycles. The van der Waals surface area contributed by atoms with Gasteiger partial charge in [-0.3, -0.25) is 4.79 Å². The molecule has 7 nitrogen and oxygen atoms in total. The summed E-state index contributed by atoms with van der Waals surface area (Å²) in [5, 5.41) is 11.8. The summed E-state index contributed by atoms with van der Waals surface area (Å²) in [5.74, 6) is 1.51. The standard InChI is InChI=1S/C22H33N5O2/c1-5-20-21(22(28)26-14-11-17(12-15-26)10-13-23-4)24-25-27(20)18-6-8-19(9-7-18)29-16(2)3/h6-9,16-17,23H,5,10-15H2,1-4H3. The molecule has 0 spiro atoms. The van der Waals surface area contributed by atoms with Crippen molar-refractivity contribution < 1.29 is 9.53 Å². The second kappa shape index (κ2) is 9.87. The maximum atomic E-state index is 13.1. The maximum absolute atomic E-state index is 13.1. The zero-order chi connectivity index (χ0) is 20.8. The van der Waals surface area contributed by atoms with Gasteiger partial charge in [-0.25, -0.2) is 4.68 Å². The predicted octanol–water partition coefficient (Wildman–Crippen LogP) is 3.08. The Morgan fingerprint density at radius 1 is 1.24 bits per heavy atom. The Bertz CT molecular complexity index is 792. The number of aromatic nitrogens is 3. The first-order valence-corrected chi connectivity index (χ1v) is 10.7. The van der Waals surface area contributed by atoms with Crippen molar-refractivity contribution in [3.63, 3.8) is 0 Å². The van der Waals surface area contributed by atoms with E-state index in [1.165, 1.54) is 6.42 Å². The molecule has 0 radical (unpaired) electrons. The van der Waals surface area contributed by atoms with E-state index >= 15 is 0 Å². The first kappa shape index (κ1) is 21.3. The zero-order valence-electron chi connectivity index (χ0n) is 18.0. The van der Waals surface area contributed by atoms with Gasteiger partial charge in [-0.05, 0) is 83.3 Å². The van der Waals surface area contributed by atoms with Crippen LogP contribution in [0.5, 0.6) is 5.75 Å². The van der Waals surface area contributed by atoms with Gasteiger partial charge in [0.05, 0.1) is 17.5 Å². The van der Waals surface area contributed by atoms with Crippen LogP contribution in [0.3, 0.4) is 0 Å². The highest BCUT2D eigenvalue weighted by atomic mass is 16.5. The van der Waals surface area contributed by atoms with Gasteiger partial charge in [0, 0.05) is 13.1 Å². The highest BCUT2D eigenvalue weighted by Gasteiger charge is 2.28. The molecule has 1 amide bonds. The van der Waals surface area contributed by atoms with Gasteiger partial charge in [0.1, 0.15) is 5.75 Å². The number of likely N-dealkylation sites (tertiary alicyclic amines) is 1. The van der Waals surface area contributed by atoms with Gasteiger partial charge in [0.2, 0.25) is 0 Å². The van der Waals surface area contributed by atoms with Gasteiger partial charge >= 0.3 is 0 Å². The number of rotatable bonds is 8. The second-order valence-electron chi connectivity index (χ2n) is 7.94. The van der Waals surface area contributed by atoms with Crippen LogP contribution in [0.2, 0.25) is 0 Å². The monoisotopic (exact) mass is 399 g/mol. The Balaban J connectivity index is 1.71. The van der Waals surface area contributed by atoms with Crippen LogP contribution in [0.25, 0.3) is 5.69 Å². The van der Waals surface area contributed by atoms with Crippen molar-refractivity contribution in [1.82, 2.24) is 25.2 Å². The van der Waals surface area contributed by atoms with Crippen molar-refractivity contribution in [2.75, 3.05) is 26.7 Å². The van der Waals surface area contributed by atoms with Gasteiger partial charge in [-0.1, -0.05) is 12.1 Å². The number of nitrogens with one attached hydrogen (secondary N) is 1. The van der Waals surface area contributed by atoms with E-state index in [-0.39, 0.29) is 12.0 Å². The highest BCUT2D eigenvalue weighted by molar-refractivity contribution is 5.93. The van der Waals surface area contributed by atoms with Crippen molar-refractivity contribution in [2.24, 2.45) is 5.92 Å². The molecule has 158 valence electrons. The van der Waals surface area contributed by atoms with Crippen LogP contribution in [0.1, 0.15) is 56.2 Å². The Morgan fingerprint density at radius 3 is 2.52 bits per heavy atom. The van der Waals surface area contributed by atoms with Crippen LogP contribution in [-0.2, 0) is 6.42 Å². The number of hydrogen-bond donors (Lipinski definition) is 1. The first-order valence-electron chi connectivity index (χ1n) is 10.7. The molecule has 3 rings (SSSR count). The minimum Gasteiger partial charge on any atom is -0.491 e. The third-order valence-corrected chi connectivity index (χ3v) is 5.46. The lowest BCUT2D eigenvalue weighted by molar-refractivity contribution is 0.0680. The number of nitrogens with zero attached hydrogens (tertiary/aromatic N) is 4. The molecule has 29 heavy (non-hydrogen) atoms. The summed E-state index contributed by atoms with van der Waals surface area (Å²) in [7, 11) is 1.99. The van der Waals surface area contributed by atoms with Gasteiger partial charge < -0.3 is 15.0 Å². The normalized spacial score (nSPS) is 15.1. The van der Waals surface area contributed by atoms with Crippen molar-refractivity contribution in [2.45, 2.75) is 52.6 Å². The van der Waals surface area contributed by atoms with Crippen LogP contribution in [0.15, 0.2) is 24.3 Å². The van der Waals surface area contributed by atoms with Crippen LogP contribution >= 0.6 is 0 Å². The van der Waals surface area contributed by atoms with Gasteiger partial charge in [-0.15, -0.1) is 5.10 Å². The molecular weight excluding hydrogens is 366 g/mol. The van der Waals surface area contributed by atoms with E-state index in [9.17, 15) is 4.79 Å². The van der Waals surface area contributed by atoms with E-state index in [0.29, 0.717) is 18.0 Å². The quantitative estimate of drug-likeness (QED) is 0.739. The molecule has 0 unspecified atom stereocenters.